The zero-order valence-corrected chi connectivity index (χ0v) is 33.7. The molecule has 3 aliphatic carbocycles. The van der Waals surface area contributed by atoms with Gasteiger partial charge in [0.2, 0.25) is 17.6 Å². The predicted molar refractivity (Wildman–Crippen MR) is 202 cm³/mol. The fourth-order valence-electron chi connectivity index (χ4n) is 8.54. The maximum atomic E-state index is 14.9. The summed E-state index contributed by atoms with van der Waals surface area (Å²) in [7, 11) is -3.56. The Morgan fingerprint density at radius 1 is 0.865 bits per heavy atom. The highest BCUT2D eigenvalue weighted by Gasteiger charge is 2.51. The Bertz CT molecular complexity index is 1410. The van der Waals surface area contributed by atoms with Crippen molar-refractivity contribution in [1.29, 1.82) is 0 Å². The van der Waals surface area contributed by atoms with Gasteiger partial charge in [-0.25, -0.2) is 13.2 Å². The first kappa shape index (κ1) is 42.0. The number of sulfone groups is 1. The van der Waals surface area contributed by atoms with Crippen LogP contribution in [0.5, 0.6) is 0 Å². The highest BCUT2D eigenvalue weighted by Crippen LogP contribution is 2.41. The number of hydrogen-bond acceptors (Lipinski definition) is 7. The average molecular weight is 750 g/mol. The third-order valence-electron chi connectivity index (χ3n) is 12.3. The Labute approximate surface area is 312 Å². The zero-order valence-electron chi connectivity index (χ0n) is 32.9. The van der Waals surface area contributed by atoms with Gasteiger partial charge in [0.25, 0.3) is 5.91 Å². The first-order valence-electron chi connectivity index (χ1n) is 20.1. The molecule has 5 amide bonds. The molecular formula is C39H67N5O7S. The van der Waals surface area contributed by atoms with Crippen molar-refractivity contribution in [3.63, 3.8) is 0 Å². The SMILES string of the molecule is CCCC[C@H](NC(=O)[C@@H]1C(C(C)C)CCN1C(=O)[C@@H](NC(=O)NC1(CS(=O)(=O)C(C)(C)C)CCCCC1)C1(C)CCCCC1)C(=O)C(=O)NC1CC1. The molecule has 0 aromatic rings. The largest absolute Gasteiger partial charge is 0.347 e. The van der Waals surface area contributed by atoms with Crippen LogP contribution in [0, 0.1) is 17.3 Å². The van der Waals surface area contributed by atoms with E-state index in [9.17, 15) is 32.4 Å². The summed E-state index contributed by atoms with van der Waals surface area (Å²) in [5.74, 6) is -2.46. The highest BCUT2D eigenvalue weighted by atomic mass is 32.2. The molecule has 4 N–H and O–H groups in total. The van der Waals surface area contributed by atoms with Crippen molar-refractivity contribution in [1.82, 2.24) is 26.2 Å². The van der Waals surface area contributed by atoms with Crippen molar-refractivity contribution in [2.75, 3.05) is 12.3 Å². The third-order valence-corrected chi connectivity index (χ3v) is 15.1. The molecule has 4 rings (SSSR count). The Balaban J connectivity index is 1.61. The van der Waals surface area contributed by atoms with E-state index in [1.807, 2.05) is 27.7 Å². The van der Waals surface area contributed by atoms with Gasteiger partial charge in [-0.2, -0.15) is 0 Å². The Hall–Kier alpha value is -2.70. The van der Waals surface area contributed by atoms with Crippen LogP contribution in [-0.4, -0.2) is 89.6 Å². The van der Waals surface area contributed by atoms with E-state index in [-0.39, 0.29) is 29.5 Å². The minimum absolute atomic E-state index is 0.00547. The van der Waals surface area contributed by atoms with Gasteiger partial charge in [-0.05, 0) is 89.4 Å². The van der Waals surface area contributed by atoms with E-state index in [0.717, 1.165) is 70.6 Å². The Kier molecular flexibility index (Phi) is 13.9. The lowest BCUT2D eigenvalue weighted by atomic mass is 9.70. The fraction of sp³-hybridized carbons (Fsp3) is 0.872. The molecule has 13 heteroatoms. The molecule has 1 unspecified atom stereocenters. The molecule has 3 saturated carbocycles. The molecule has 4 fully saturated rings. The van der Waals surface area contributed by atoms with Gasteiger partial charge >= 0.3 is 6.03 Å². The van der Waals surface area contributed by atoms with Crippen molar-refractivity contribution < 1.29 is 32.4 Å². The van der Waals surface area contributed by atoms with Crippen LogP contribution >= 0.6 is 0 Å². The number of urea groups is 1. The number of unbranched alkanes of at least 4 members (excludes halogenated alkanes) is 1. The number of rotatable bonds is 15. The molecule has 4 atom stereocenters. The van der Waals surface area contributed by atoms with E-state index in [4.69, 9.17) is 0 Å². The van der Waals surface area contributed by atoms with Gasteiger partial charge in [0.15, 0.2) is 9.84 Å². The molecule has 0 radical (unpaired) electrons. The highest BCUT2D eigenvalue weighted by molar-refractivity contribution is 7.92. The lowest BCUT2D eigenvalue weighted by Crippen LogP contribution is -2.64. The molecular weight excluding hydrogens is 683 g/mol. The van der Waals surface area contributed by atoms with Crippen LogP contribution in [0.2, 0.25) is 0 Å². The van der Waals surface area contributed by atoms with Crippen molar-refractivity contribution >= 4 is 39.4 Å². The normalized spacial score (nSPS) is 24.4. The number of nitrogens with zero attached hydrogens (tertiary/aromatic N) is 1. The van der Waals surface area contributed by atoms with Crippen LogP contribution in [-0.2, 0) is 29.0 Å². The summed E-state index contributed by atoms with van der Waals surface area (Å²) >= 11 is 0. The Morgan fingerprint density at radius 2 is 1.46 bits per heavy atom. The van der Waals surface area contributed by atoms with Gasteiger partial charge in [-0.3, -0.25) is 19.2 Å². The Morgan fingerprint density at radius 3 is 2.00 bits per heavy atom. The second kappa shape index (κ2) is 17.2. The van der Waals surface area contributed by atoms with Crippen molar-refractivity contribution in [2.45, 2.75) is 186 Å². The molecule has 0 aromatic heterocycles. The van der Waals surface area contributed by atoms with E-state index in [0.29, 0.717) is 38.6 Å². The summed E-state index contributed by atoms with van der Waals surface area (Å²) in [6.45, 7) is 13.4. The van der Waals surface area contributed by atoms with Crippen LogP contribution in [0.4, 0.5) is 4.79 Å². The van der Waals surface area contributed by atoms with Crippen LogP contribution in [0.15, 0.2) is 0 Å². The van der Waals surface area contributed by atoms with E-state index >= 15 is 0 Å². The minimum atomic E-state index is -3.56. The number of likely N-dealkylation sites (tertiary alicyclic amines) is 1. The molecule has 12 nitrogen and oxygen atoms in total. The summed E-state index contributed by atoms with van der Waals surface area (Å²) in [6, 6.07) is -3.38. The number of amides is 5. The lowest BCUT2D eigenvalue weighted by Gasteiger charge is -2.44. The number of hydrogen-bond donors (Lipinski definition) is 4. The molecule has 1 aliphatic heterocycles. The number of nitrogens with one attached hydrogen (secondary N) is 4. The summed E-state index contributed by atoms with van der Waals surface area (Å²) in [5.41, 5.74) is -1.53. The van der Waals surface area contributed by atoms with E-state index < -0.39 is 67.3 Å². The van der Waals surface area contributed by atoms with E-state index in [2.05, 4.69) is 21.3 Å². The van der Waals surface area contributed by atoms with Gasteiger partial charge in [0.05, 0.1) is 22.1 Å². The van der Waals surface area contributed by atoms with Crippen LogP contribution in [0.3, 0.4) is 0 Å². The molecule has 1 heterocycles. The monoisotopic (exact) mass is 749 g/mol. The average Bonchev–Trinajstić information content (AvgIpc) is 3.77. The van der Waals surface area contributed by atoms with Gasteiger partial charge in [-0.15, -0.1) is 0 Å². The molecule has 0 bridgehead atoms. The van der Waals surface area contributed by atoms with Crippen molar-refractivity contribution in [3.8, 4) is 0 Å². The molecule has 0 aromatic carbocycles. The predicted octanol–water partition coefficient (Wildman–Crippen LogP) is 4.94. The van der Waals surface area contributed by atoms with Crippen LogP contribution in [0.25, 0.3) is 0 Å². The van der Waals surface area contributed by atoms with Crippen molar-refractivity contribution in [3.05, 3.63) is 0 Å². The van der Waals surface area contributed by atoms with E-state index in [1.165, 1.54) is 0 Å². The van der Waals surface area contributed by atoms with Gasteiger partial charge < -0.3 is 26.2 Å². The maximum absolute atomic E-state index is 14.9. The zero-order chi connectivity index (χ0) is 38.5. The van der Waals surface area contributed by atoms with E-state index in [1.54, 1.807) is 25.7 Å². The van der Waals surface area contributed by atoms with Gasteiger partial charge in [-0.1, -0.05) is 79.1 Å². The number of Topliss-reactive ketones (excluding diaryl/α,β-unsaturated/α-hetero) is 1. The number of carbonyl (C=O) groups is 5. The second-order valence-corrected chi connectivity index (χ2v) is 20.7. The quantitative estimate of drug-likeness (QED) is 0.172. The maximum Gasteiger partial charge on any atom is 0.315 e. The molecule has 4 aliphatic rings. The first-order valence-corrected chi connectivity index (χ1v) is 21.7. The summed E-state index contributed by atoms with van der Waals surface area (Å²) < 4.78 is 25.9. The molecule has 1 saturated heterocycles. The molecule has 296 valence electrons. The fourth-order valence-corrected chi connectivity index (χ4v) is 10.1. The lowest BCUT2D eigenvalue weighted by molar-refractivity contribution is -0.145. The minimum Gasteiger partial charge on any atom is -0.347 e. The first-order chi connectivity index (χ1) is 24.3. The van der Waals surface area contributed by atoms with Crippen LogP contribution < -0.4 is 21.3 Å². The molecule has 0 spiro atoms. The summed E-state index contributed by atoms with van der Waals surface area (Å²) in [5, 5.41) is 11.8. The third kappa shape index (κ3) is 10.3. The number of ketones is 1. The van der Waals surface area contributed by atoms with Gasteiger partial charge in [0.1, 0.15) is 12.1 Å². The molecule has 52 heavy (non-hydrogen) atoms. The van der Waals surface area contributed by atoms with Gasteiger partial charge in [0, 0.05) is 12.6 Å². The summed E-state index contributed by atoms with van der Waals surface area (Å²) in [4.78, 5) is 70.9. The topological polar surface area (TPSA) is 171 Å². The summed E-state index contributed by atoms with van der Waals surface area (Å²) in [6.07, 6.45) is 11.9. The van der Waals surface area contributed by atoms with Crippen molar-refractivity contribution in [2.24, 2.45) is 17.3 Å². The standard InChI is InChI=1S/C39H67N5O7S/c1-8-9-16-29(31(45)34(47)40-27-17-18-27)41-33(46)30-28(26(2)3)19-24-44(30)35(48)32(38(7)20-12-10-13-21-38)42-36(49)43-39(22-14-11-15-23-39)25-52(50,51)37(4,5)6/h26-30,32H,8-25H2,1-7H3,(H,40,47)(H,41,46)(H2,42,43,49)/t28?,29-,30-,32+/m0/s1. The second-order valence-electron chi connectivity index (χ2n) is 17.9. The smallest absolute Gasteiger partial charge is 0.315 e. The number of carbonyl (C=O) groups excluding carboxylic acids is 5. The van der Waals surface area contributed by atoms with Crippen LogP contribution in [0.1, 0.15) is 151 Å².